The van der Waals surface area contributed by atoms with Crippen molar-refractivity contribution in [2.24, 2.45) is 0 Å². The van der Waals surface area contributed by atoms with Crippen molar-refractivity contribution in [2.45, 2.75) is 12.3 Å². The Hall–Kier alpha value is -2.48. The van der Waals surface area contributed by atoms with Crippen LogP contribution in [0, 0.1) is 0 Å². The first kappa shape index (κ1) is 14.5. The molecule has 0 aromatic heterocycles. The van der Waals surface area contributed by atoms with E-state index in [1.165, 1.54) is 0 Å². The predicted octanol–water partition coefficient (Wildman–Crippen LogP) is 5.80. The Morgan fingerprint density at radius 1 is 0.455 bits per heavy atom. The average Bonchev–Trinajstić information content (AvgIpc) is 2.62. The van der Waals surface area contributed by atoms with Gasteiger partial charge in [0, 0.05) is 0 Å². The molecule has 0 heterocycles. The van der Waals surface area contributed by atoms with Gasteiger partial charge in [-0.3, -0.25) is 0 Å². The molecule has 0 N–H and O–H groups in total. The minimum Gasteiger partial charge on any atom is -0.237 e. The summed E-state index contributed by atoms with van der Waals surface area (Å²) in [5.74, 6) is 0. The fourth-order valence-electron chi connectivity index (χ4n) is 2.58. The molecule has 0 saturated carbocycles. The monoisotopic (exact) mass is 294 g/mol. The van der Waals surface area contributed by atoms with E-state index in [2.05, 4.69) is 0 Å². The van der Waals surface area contributed by atoms with Crippen molar-refractivity contribution >= 4 is 0 Å². The zero-order valence-electron chi connectivity index (χ0n) is 12.0. The van der Waals surface area contributed by atoms with Crippen LogP contribution in [0.4, 0.5) is 8.78 Å². The van der Waals surface area contributed by atoms with Crippen molar-refractivity contribution < 1.29 is 8.78 Å². The van der Waals surface area contributed by atoms with E-state index in [9.17, 15) is 8.78 Å². The molecule has 0 aliphatic heterocycles. The number of rotatable bonds is 4. The largest absolute Gasteiger partial charge is 0.237 e. The molecule has 3 aromatic carbocycles. The minimum absolute atomic E-state index is 0.380. The van der Waals surface area contributed by atoms with Crippen LogP contribution in [0.2, 0.25) is 0 Å². The van der Waals surface area contributed by atoms with E-state index in [1.807, 2.05) is 12.1 Å². The van der Waals surface area contributed by atoms with E-state index in [4.69, 9.17) is 0 Å². The molecule has 110 valence electrons. The summed E-state index contributed by atoms with van der Waals surface area (Å²) in [4.78, 5) is 0. The van der Waals surface area contributed by atoms with Gasteiger partial charge >= 0.3 is 0 Å². The summed E-state index contributed by atoms with van der Waals surface area (Å²) in [7, 11) is 0. The van der Waals surface area contributed by atoms with Gasteiger partial charge in [-0.15, -0.1) is 0 Å². The first-order valence-corrected chi connectivity index (χ1v) is 7.24. The Morgan fingerprint density at radius 3 is 1.14 bits per heavy atom. The van der Waals surface area contributed by atoms with Crippen LogP contribution in [0.3, 0.4) is 0 Å². The van der Waals surface area contributed by atoms with Gasteiger partial charge in [-0.2, -0.15) is 0 Å². The number of halogens is 2. The molecule has 0 bridgehead atoms. The van der Waals surface area contributed by atoms with Crippen LogP contribution < -0.4 is 0 Å². The Labute approximate surface area is 129 Å². The molecule has 0 nitrogen and oxygen atoms in total. The zero-order chi connectivity index (χ0) is 15.4. The van der Waals surface area contributed by atoms with Crippen molar-refractivity contribution in [3.8, 4) is 0 Å². The maximum Gasteiger partial charge on any atom is 0.151 e. The standard InChI is InChI=1S/C20H16F2/c21-19(15-9-3-1-4-10-15)17-13-7-8-14-18(17)20(22)16-11-5-2-6-12-16/h1-14,19-20H. The van der Waals surface area contributed by atoms with Gasteiger partial charge in [0.15, 0.2) is 12.3 Å². The summed E-state index contributed by atoms with van der Waals surface area (Å²) >= 11 is 0. The lowest BCUT2D eigenvalue weighted by atomic mass is 9.93. The second kappa shape index (κ2) is 6.52. The van der Waals surface area contributed by atoms with Crippen LogP contribution in [0.15, 0.2) is 84.9 Å². The Morgan fingerprint density at radius 2 is 0.773 bits per heavy atom. The van der Waals surface area contributed by atoms with E-state index in [1.54, 1.807) is 72.8 Å². The third-order valence-corrected chi connectivity index (χ3v) is 3.73. The first-order chi connectivity index (χ1) is 10.8. The van der Waals surface area contributed by atoms with Gasteiger partial charge in [-0.05, 0) is 22.3 Å². The average molecular weight is 294 g/mol. The Balaban J connectivity index is 2.00. The number of benzene rings is 3. The molecular formula is C20H16F2. The number of hydrogen-bond donors (Lipinski definition) is 0. The van der Waals surface area contributed by atoms with E-state index in [0.29, 0.717) is 22.3 Å². The molecule has 2 unspecified atom stereocenters. The summed E-state index contributed by atoms with van der Waals surface area (Å²) in [6, 6.07) is 24.5. The van der Waals surface area contributed by atoms with Gasteiger partial charge in [0.25, 0.3) is 0 Å². The molecule has 0 aliphatic rings. The lowest BCUT2D eigenvalue weighted by Crippen LogP contribution is -2.03. The highest BCUT2D eigenvalue weighted by molar-refractivity contribution is 5.41. The molecule has 2 heteroatoms. The van der Waals surface area contributed by atoms with Crippen LogP contribution in [0.1, 0.15) is 34.6 Å². The summed E-state index contributed by atoms with van der Waals surface area (Å²) in [6.45, 7) is 0. The minimum atomic E-state index is -1.33. The smallest absolute Gasteiger partial charge is 0.151 e. The summed E-state index contributed by atoms with van der Waals surface area (Å²) in [6.07, 6.45) is -2.67. The summed E-state index contributed by atoms with van der Waals surface area (Å²) in [5.41, 5.74) is 1.83. The quantitative estimate of drug-likeness (QED) is 0.570. The molecule has 2 atom stereocenters. The highest BCUT2D eigenvalue weighted by atomic mass is 19.1. The molecule has 0 aliphatic carbocycles. The van der Waals surface area contributed by atoms with Gasteiger partial charge in [-0.25, -0.2) is 8.78 Å². The SMILES string of the molecule is FC(c1ccccc1)c1ccccc1C(F)c1ccccc1. The molecule has 0 saturated heterocycles. The first-order valence-electron chi connectivity index (χ1n) is 7.24. The van der Waals surface area contributed by atoms with Gasteiger partial charge in [-0.1, -0.05) is 84.9 Å². The van der Waals surface area contributed by atoms with Gasteiger partial charge in [0.05, 0.1) is 0 Å². The molecule has 0 radical (unpaired) electrons. The molecular weight excluding hydrogens is 278 g/mol. The van der Waals surface area contributed by atoms with Crippen molar-refractivity contribution in [1.29, 1.82) is 0 Å². The topological polar surface area (TPSA) is 0 Å². The number of hydrogen-bond acceptors (Lipinski definition) is 0. The van der Waals surface area contributed by atoms with Gasteiger partial charge < -0.3 is 0 Å². The third kappa shape index (κ3) is 2.91. The maximum atomic E-state index is 14.8. The van der Waals surface area contributed by atoms with Crippen LogP contribution in [-0.4, -0.2) is 0 Å². The Bertz CT molecular complexity index is 658. The van der Waals surface area contributed by atoms with Crippen LogP contribution in [0.5, 0.6) is 0 Å². The lowest BCUT2D eigenvalue weighted by Gasteiger charge is -2.17. The molecule has 3 rings (SSSR count). The molecule has 0 amide bonds. The highest BCUT2D eigenvalue weighted by Crippen LogP contribution is 2.35. The van der Waals surface area contributed by atoms with E-state index < -0.39 is 12.3 Å². The van der Waals surface area contributed by atoms with Gasteiger partial charge in [0.2, 0.25) is 0 Å². The second-order valence-corrected chi connectivity index (χ2v) is 5.18. The fourth-order valence-corrected chi connectivity index (χ4v) is 2.58. The van der Waals surface area contributed by atoms with Crippen LogP contribution >= 0.6 is 0 Å². The summed E-state index contributed by atoms with van der Waals surface area (Å²) < 4.78 is 29.7. The van der Waals surface area contributed by atoms with Crippen LogP contribution in [0.25, 0.3) is 0 Å². The Kier molecular flexibility index (Phi) is 4.29. The van der Waals surface area contributed by atoms with Crippen molar-refractivity contribution in [2.75, 3.05) is 0 Å². The maximum absolute atomic E-state index is 14.8. The van der Waals surface area contributed by atoms with Crippen molar-refractivity contribution in [3.05, 3.63) is 107 Å². The molecule has 0 spiro atoms. The predicted molar refractivity (Wildman–Crippen MR) is 85.2 cm³/mol. The third-order valence-electron chi connectivity index (χ3n) is 3.73. The molecule has 0 fully saturated rings. The zero-order valence-corrected chi connectivity index (χ0v) is 12.0. The van der Waals surface area contributed by atoms with Gasteiger partial charge in [0.1, 0.15) is 0 Å². The lowest BCUT2D eigenvalue weighted by molar-refractivity contribution is 0.370. The molecule has 22 heavy (non-hydrogen) atoms. The van der Waals surface area contributed by atoms with Crippen molar-refractivity contribution in [1.82, 2.24) is 0 Å². The van der Waals surface area contributed by atoms with E-state index >= 15 is 0 Å². The molecule has 3 aromatic rings. The normalized spacial score (nSPS) is 13.5. The second-order valence-electron chi connectivity index (χ2n) is 5.18. The van der Waals surface area contributed by atoms with Crippen LogP contribution in [-0.2, 0) is 0 Å². The van der Waals surface area contributed by atoms with Crippen molar-refractivity contribution in [3.63, 3.8) is 0 Å². The number of alkyl halides is 2. The fraction of sp³-hybridized carbons (Fsp3) is 0.100. The highest BCUT2D eigenvalue weighted by Gasteiger charge is 2.22. The van der Waals surface area contributed by atoms with E-state index in [0.717, 1.165) is 0 Å². The van der Waals surface area contributed by atoms with E-state index in [-0.39, 0.29) is 0 Å². The summed E-state index contributed by atoms with van der Waals surface area (Å²) in [5, 5.41) is 0.